The van der Waals surface area contributed by atoms with Crippen LogP contribution in [0.25, 0.3) is 0 Å². The number of carbonyl (C=O) groups excluding carboxylic acids is 2. The van der Waals surface area contributed by atoms with Crippen LogP contribution in [0.3, 0.4) is 0 Å². The zero-order chi connectivity index (χ0) is 18.7. The van der Waals surface area contributed by atoms with Crippen LogP contribution in [-0.2, 0) is 4.74 Å². The summed E-state index contributed by atoms with van der Waals surface area (Å²) in [5.74, 6) is -0.0657. The molecule has 5 nitrogen and oxygen atoms in total. The van der Waals surface area contributed by atoms with Crippen LogP contribution < -0.4 is 10.2 Å². The van der Waals surface area contributed by atoms with Crippen molar-refractivity contribution in [3.05, 3.63) is 54.1 Å². The van der Waals surface area contributed by atoms with E-state index >= 15 is 0 Å². The van der Waals surface area contributed by atoms with Crippen LogP contribution in [-0.4, -0.2) is 30.7 Å². The molecule has 26 heavy (non-hydrogen) atoms. The average Bonchev–Trinajstić information content (AvgIpc) is 2.69. The number of alkyl carbamates (subject to hydrolysis) is 1. The van der Waals surface area contributed by atoms with Gasteiger partial charge < -0.3 is 15.0 Å². The summed E-state index contributed by atoms with van der Waals surface area (Å²) in [4.78, 5) is 28.6. The second kappa shape index (κ2) is 7.41. The Labute approximate surface area is 157 Å². The van der Waals surface area contributed by atoms with Gasteiger partial charge in [-0.2, -0.15) is 0 Å². The number of benzene rings is 2. The Hall–Kier alpha value is -2.47. The maximum atomic E-state index is 13.1. The van der Waals surface area contributed by atoms with Gasteiger partial charge in [0.2, 0.25) is 0 Å². The molecule has 0 bridgehead atoms. The van der Waals surface area contributed by atoms with Crippen molar-refractivity contribution >= 4 is 29.4 Å². The number of amides is 2. The van der Waals surface area contributed by atoms with Crippen molar-refractivity contribution < 1.29 is 14.3 Å². The largest absolute Gasteiger partial charge is 0.444 e. The molecule has 0 radical (unpaired) electrons. The molecule has 2 amide bonds. The fourth-order valence-corrected chi connectivity index (χ4v) is 3.76. The van der Waals surface area contributed by atoms with Gasteiger partial charge in [-0.25, -0.2) is 4.79 Å². The lowest BCUT2D eigenvalue weighted by Gasteiger charge is -2.24. The Balaban J connectivity index is 1.79. The topological polar surface area (TPSA) is 58.6 Å². The first kappa shape index (κ1) is 18.3. The van der Waals surface area contributed by atoms with Gasteiger partial charge in [0.15, 0.2) is 0 Å². The summed E-state index contributed by atoms with van der Waals surface area (Å²) in [7, 11) is 0. The van der Waals surface area contributed by atoms with Gasteiger partial charge >= 0.3 is 6.09 Å². The molecule has 0 saturated carbocycles. The van der Waals surface area contributed by atoms with Gasteiger partial charge in [0.25, 0.3) is 5.91 Å². The van der Waals surface area contributed by atoms with E-state index in [4.69, 9.17) is 4.74 Å². The number of hydrogen-bond acceptors (Lipinski definition) is 4. The highest BCUT2D eigenvalue weighted by Gasteiger charge is 2.27. The van der Waals surface area contributed by atoms with Crippen molar-refractivity contribution in [2.75, 3.05) is 18.0 Å². The van der Waals surface area contributed by atoms with E-state index in [1.54, 1.807) is 16.7 Å². The molecule has 1 aliphatic heterocycles. The summed E-state index contributed by atoms with van der Waals surface area (Å²) in [6, 6.07) is 15.4. The molecular weight excluding hydrogens is 348 g/mol. The van der Waals surface area contributed by atoms with E-state index < -0.39 is 11.7 Å². The summed E-state index contributed by atoms with van der Waals surface area (Å²) >= 11 is 1.58. The standard InChI is InChI=1S/C20H22N2O3S/c1-20(2,3)25-19(24)21-12-13-22-15-9-5-7-11-17(15)26-16-10-6-4-8-14(16)18(22)23/h4-11H,12-13H2,1-3H3,(H,21,24). The second-order valence-corrected chi connectivity index (χ2v) is 8.04. The van der Waals surface area contributed by atoms with E-state index in [9.17, 15) is 9.59 Å². The quantitative estimate of drug-likeness (QED) is 0.874. The molecule has 2 aromatic carbocycles. The molecule has 136 valence electrons. The van der Waals surface area contributed by atoms with Crippen molar-refractivity contribution in [1.29, 1.82) is 0 Å². The zero-order valence-electron chi connectivity index (χ0n) is 15.1. The maximum absolute atomic E-state index is 13.1. The highest BCUT2D eigenvalue weighted by Crippen LogP contribution is 2.40. The van der Waals surface area contributed by atoms with Gasteiger partial charge in [0, 0.05) is 22.9 Å². The van der Waals surface area contributed by atoms with Crippen molar-refractivity contribution in [1.82, 2.24) is 5.32 Å². The summed E-state index contributed by atoms with van der Waals surface area (Å²) in [5, 5.41) is 2.72. The van der Waals surface area contributed by atoms with E-state index in [1.165, 1.54) is 0 Å². The molecule has 1 heterocycles. The summed E-state index contributed by atoms with van der Waals surface area (Å²) in [5.41, 5.74) is 0.973. The number of nitrogens with zero attached hydrogens (tertiary/aromatic N) is 1. The molecule has 3 rings (SSSR count). The molecule has 0 saturated heterocycles. The summed E-state index contributed by atoms with van der Waals surface area (Å²) in [6.45, 7) is 6.12. The van der Waals surface area contributed by atoms with E-state index in [2.05, 4.69) is 5.32 Å². The highest BCUT2D eigenvalue weighted by atomic mass is 32.2. The number of carbonyl (C=O) groups is 2. The number of nitrogens with one attached hydrogen (secondary N) is 1. The first-order valence-corrected chi connectivity index (χ1v) is 9.31. The molecule has 1 aliphatic rings. The Kier molecular flexibility index (Phi) is 5.23. The van der Waals surface area contributed by atoms with Crippen LogP contribution in [0, 0.1) is 0 Å². The maximum Gasteiger partial charge on any atom is 0.407 e. The number of hydrogen-bond donors (Lipinski definition) is 1. The number of fused-ring (bicyclic) bond motifs is 2. The van der Waals surface area contributed by atoms with Crippen LogP contribution >= 0.6 is 11.8 Å². The van der Waals surface area contributed by atoms with Crippen molar-refractivity contribution in [2.45, 2.75) is 36.2 Å². The molecule has 0 unspecified atom stereocenters. The van der Waals surface area contributed by atoms with E-state index in [0.717, 1.165) is 15.5 Å². The molecule has 6 heteroatoms. The smallest absolute Gasteiger partial charge is 0.407 e. The van der Waals surface area contributed by atoms with Gasteiger partial charge in [-0.3, -0.25) is 4.79 Å². The van der Waals surface area contributed by atoms with Crippen LogP contribution in [0.4, 0.5) is 10.5 Å². The van der Waals surface area contributed by atoms with Crippen LogP contribution in [0.1, 0.15) is 31.1 Å². The van der Waals surface area contributed by atoms with Crippen molar-refractivity contribution in [3.63, 3.8) is 0 Å². The Morgan fingerprint density at radius 1 is 1.08 bits per heavy atom. The fourth-order valence-electron chi connectivity index (χ4n) is 2.68. The van der Waals surface area contributed by atoms with E-state index in [0.29, 0.717) is 18.7 Å². The molecule has 1 N–H and O–H groups in total. The Morgan fingerprint density at radius 2 is 1.73 bits per heavy atom. The van der Waals surface area contributed by atoms with Gasteiger partial charge in [-0.05, 0) is 45.0 Å². The third-order valence-electron chi connectivity index (χ3n) is 3.74. The summed E-state index contributed by atoms with van der Waals surface area (Å²) in [6.07, 6.45) is -0.483. The molecular formula is C20H22N2O3S. The minimum atomic E-state index is -0.551. The lowest BCUT2D eigenvalue weighted by Crippen LogP contribution is -2.40. The first-order chi connectivity index (χ1) is 12.3. The number of anilines is 1. The van der Waals surface area contributed by atoms with Crippen molar-refractivity contribution in [3.8, 4) is 0 Å². The Bertz CT molecular complexity index is 830. The molecule has 0 fully saturated rings. The minimum absolute atomic E-state index is 0.0657. The number of para-hydroxylation sites is 1. The number of ether oxygens (including phenoxy) is 1. The van der Waals surface area contributed by atoms with Gasteiger partial charge in [-0.1, -0.05) is 36.0 Å². The third-order valence-corrected chi connectivity index (χ3v) is 4.88. The second-order valence-electron chi connectivity index (χ2n) is 6.95. The molecule has 0 aliphatic carbocycles. The Morgan fingerprint density at radius 3 is 2.46 bits per heavy atom. The lowest BCUT2D eigenvalue weighted by molar-refractivity contribution is 0.0528. The molecule has 2 aromatic rings. The zero-order valence-corrected chi connectivity index (χ0v) is 15.9. The van der Waals surface area contributed by atoms with Crippen LogP contribution in [0.2, 0.25) is 0 Å². The highest BCUT2D eigenvalue weighted by molar-refractivity contribution is 7.99. The minimum Gasteiger partial charge on any atom is -0.444 e. The predicted octanol–water partition coefficient (Wildman–Crippen LogP) is 4.32. The van der Waals surface area contributed by atoms with Crippen LogP contribution in [0.15, 0.2) is 58.3 Å². The van der Waals surface area contributed by atoms with Crippen molar-refractivity contribution in [2.24, 2.45) is 0 Å². The van der Waals surface area contributed by atoms with Gasteiger partial charge in [0.05, 0.1) is 11.3 Å². The van der Waals surface area contributed by atoms with Crippen LogP contribution in [0.5, 0.6) is 0 Å². The van der Waals surface area contributed by atoms with E-state index in [-0.39, 0.29) is 5.91 Å². The third kappa shape index (κ3) is 4.19. The van der Waals surface area contributed by atoms with Gasteiger partial charge in [0.1, 0.15) is 5.60 Å². The number of rotatable bonds is 3. The molecule has 0 atom stereocenters. The van der Waals surface area contributed by atoms with Gasteiger partial charge in [-0.15, -0.1) is 0 Å². The average molecular weight is 370 g/mol. The first-order valence-electron chi connectivity index (χ1n) is 8.50. The SMILES string of the molecule is CC(C)(C)OC(=O)NCCN1C(=O)c2ccccc2Sc2ccccc21. The van der Waals surface area contributed by atoms with E-state index in [1.807, 2.05) is 69.3 Å². The normalized spacial score (nSPS) is 13.5. The molecule has 0 aromatic heterocycles. The predicted molar refractivity (Wildman–Crippen MR) is 103 cm³/mol. The monoisotopic (exact) mass is 370 g/mol. The summed E-state index contributed by atoms with van der Waals surface area (Å²) < 4.78 is 5.25. The fraction of sp³-hybridized carbons (Fsp3) is 0.300. The lowest BCUT2D eigenvalue weighted by atomic mass is 10.2. The molecule has 0 spiro atoms.